The summed E-state index contributed by atoms with van der Waals surface area (Å²) in [5, 5.41) is 2.23. The van der Waals surface area contributed by atoms with Crippen molar-refractivity contribution in [1.82, 2.24) is 4.90 Å². The lowest BCUT2D eigenvalue weighted by atomic mass is 9.93. The molecule has 2 heterocycles. The van der Waals surface area contributed by atoms with E-state index in [0.717, 1.165) is 13.1 Å². The smallest absolute Gasteiger partial charge is 0.0333 e. The molecule has 1 aromatic heterocycles. The van der Waals surface area contributed by atoms with Crippen LogP contribution in [0, 0.1) is 5.92 Å². The zero-order valence-electron chi connectivity index (χ0n) is 12.8. The number of benzene rings is 1. The van der Waals surface area contributed by atoms with Crippen molar-refractivity contribution in [3.8, 4) is 0 Å². The number of hydrogen-bond acceptors (Lipinski definition) is 3. The average Bonchev–Trinajstić information content (AvgIpc) is 2.99. The normalized spacial score (nSPS) is 21.8. The summed E-state index contributed by atoms with van der Waals surface area (Å²) in [4.78, 5) is 4.15. The molecule has 0 fully saturated rings. The van der Waals surface area contributed by atoms with E-state index in [2.05, 4.69) is 54.5 Å². The van der Waals surface area contributed by atoms with Crippen LogP contribution in [0.2, 0.25) is 0 Å². The van der Waals surface area contributed by atoms with Crippen molar-refractivity contribution in [1.29, 1.82) is 0 Å². The van der Waals surface area contributed by atoms with Gasteiger partial charge in [0.2, 0.25) is 0 Å². The van der Waals surface area contributed by atoms with Gasteiger partial charge >= 0.3 is 0 Å². The molecular formula is C18H24N2S. The maximum atomic E-state index is 6.45. The van der Waals surface area contributed by atoms with E-state index in [9.17, 15) is 0 Å². The Labute approximate surface area is 131 Å². The summed E-state index contributed by atoms with van der Waals surface area (Å²) in [7, 11) is 0. The molecule has 2 nitrogen and oxygen atoms in total. The van der Waals surface area contributed by atoms with Gasteiger partial charge in [-0.2, -0.15) is 0 Å². The fourth-order valence-corrected chi connectivity index (χ4v) is 4.26. The molecule has 1 aliphatic heterocycles. The Kier molecular flexibility index (Phi) is 4.43. The van der Waals surface area contributed by atoms with Crippen molar-refractivity contribution in [3.05, 3.63) is 57.8 Å². The molecule has 2 aromatic rings. The Hall–Kier alpha value is -1.16. The van der Waals surface area contributed by atoms with Gasteiger partial charge < -0.3 is 5.73 Å². The monoisotopic (exact) mass is 300 g/mol. The molecule has 3 rings (SSSR count). The first-order valence-corrected chi connectivity index (χ1v) is 8.65. The number of hydrogen-bond donors (Lipinski definition) is 1. The summed E-state index contributed by atoms with van der Waals surface area (Å²) >= 11 is 1.90. The van der Waals surface area contributed by atoms with Crippen LogP contribution in [0.4, 0.5) is 0 Å². The Morgan fingerprint density at radius 1 is 1.29 bits per heavy atom. The van der Waals surface area contributed by atoms with Crippen LogP contribution in [0.15, 0.2) is 41.8 Å². The molecule has 1 aromatic carbocycles. The highest BCUT2D eigenvalue weighted by molar-refractivity contribution is 7.10. The molecule has 0 radical (unpaired) electrons. The van der Waals surface area contributed by atoms with Crippen molar-refractivity contribution >= 4 is 11.3 Å². The summed E-state index contributed by atoms with van der Waals surface area (Å²) in [6.07, 6.45) is 1.19. The van der Waals surface area contributed by atoms with Gasteiger partial charge in [-0.25, -0.2) is 0 Å². The standard InChI is InChI=1S/C18H24N2S/c1-13(18(19)15-6-4-3-5-7-15)12-20-10-8-17-16(14(20)2)9-11-21-17/h3-7,9,11,13-14,18H,8,10,12,19H2,1-2H3. The zero-order valence-corrected chi connectivity index (χ0v) is 13.6. The third-order valence-corrected chi connectivity index (χ3v) is 5.72. The van der Waals surface area contributed by atoms with Crippen molar-refractivity contribution < 1.29 is 0 Å². The molecule has 0 saturated carbocycles. The lowest BCUT2D eigenvalue weighted by molar-refractivity contribution is 0.164. The molecule has 0 spiro atoms. The van der Waals surface area contributed by atoms with Gasteiger partial charge in [0.1, 0.15) is 0 Å². The van der Waals surface area contributed by atoms with Gasteiger partial charge in [0.25, 0.3) is 0 Å². The molecule has 3 heteroatoms. The Balaban J connectivity index is 1.67. The summed E-state index contributed by atoms with van der Waals surface area (Å²) in [5.74, 6) is 0.454. The van der Waals surface area contributed by atoms with E-state index in [1.54, 1.807) is 4.88 Å². The third kappa shape index (κ3) is 3.05. The van der Waals surface area contributed by atoms with E-state index in [-0.39, 0.29) is 6.04 Å². The molecule has 3 atom stereocenters. The molecule has 2 N–H and O–H groups in total. The van der Waals surface area contributed by atoms with E-state index in [1.165, 1.54) is 17.5 Å². The molecule has 0 aliphatic carbocycles. The van der Waals surface area contributed by atoms with E-state index in [4.69, 9.17) is 5.73 Å². The van der Waals surface area contributed by atoms with E-state index in [1.807, 2.05) is 17.4 Å². The molecule has 21 heavy (non-hydrogen) atoms. The lowest BCUT2D eigenvalue weighted by Crippen LogP contribution is -2.38. The Morgan fingerprint density at radius 2 is 2.05 bits per heavy atom. The topological polar surface area (TPSA) is 29.3 Å². The second-order valence-corrected chi connectivity index (χ2v) is 7.13. The highest BCUT2D eigenvalue weighted by Crippen LogP contribution is 2.34. The van der Waals surface area contributed by atoms with Crippen LogP contribution >= 0.6 is 11.3 Å². The van der Waals surface area contributed by atoms with Crippen molar-refractivity contribution in [2.24, 2.45) is 11.7 Å². The van der Waals surface area contributed by atoms with Crippen LogP contribution in [0.1, 0.15) is 41.9 Å². The summed E-state index contributed by atoms with van der Waals surface area (Å²) in [6.45, 7) is 6.81. The number of fused-ring (bicyclic) bond motifs is 1. The Morgan fingerprint density at radius 3 is 2.81 bits per heavy atom. The van der Waals surface area contributed by atoms with Gasteiger partial charge in [-0.3, -0.25) is 4.90 Å². The van der Waals surface area contributed by atoms with Crippen molar-refractivity contribution in [2.75, 3.05) is 13.1 Å². The number of rotatable bonds is 4. The second kappa shape index (κ2) is 6.30. The van der Waals surface area contributed by atoms with Crippen molar-refractivity contribution in [3.63, 3.8) is 0 Å². The summed E-state index contributed by atoms with van der Waals surface area (Å²) in [5.41, 5.74) is 9.21. The number of nitrogens with zero attached hydrogens (tertiary/aromatic N) is 1. The van der Waals surface area contributed by atoms with Crippen molar-refractivity contribution in [2.45, 2.75) is 32.4 Å². The SMILES string of the molecule is CC(CN1CCc2sccc2C1C)C(N)c1ccccc1. The molecule has 1 aliphatic rings. The minimum atomic E-state index is 0.113. The minimum absolute atomic E-state index is 0.113. The van der Waals surface area contributed by atoms with E-state index >= 15 is 0 Å². The highest BCUT2D eigenvalue weighted by atomic mass is 32.1. The van der Waals surface area contributed by atoms with Gasteiger partial charge in [0.05, 0.1) is 0 Å². The molecule has 0 bridgehead atoms. The molecule has 112 valence electrons. The first kappa shape index (κ1) is 14.8. The largest absolute Gasteiger partial charge is 0.324 e. The van der Waals surface area contributed by atoms with Crippen LogP contribution in [0.3, 0.4) is 0 Å². The van der Waals surface area contributed by atoms with Gasteiger partial charge in [-0.15, -0.1) is 11.3 Å². The van der Waals surface area contributed by atoms with Gasteiger partial charge in [-0.1, -0.05) is 37.3 Å². The maximum absolute atomic E-state index is 6.45. The summed E-state index contributed by atoms with van der Waals surface area (Å²) < 4.78 is 0. The van der Waals surface area contributed by atoms with Gasteiger partial charge in [-0.05, 0) is 41.8 Å². The number of nitrogens with two attached hydrogens (primary N) is 1. The third-order valence-electron chi connectivity index (χ3n) is 4.72. The fourth-order valence-electron chi connectivity index (χ4n) is 3.30. The first-order chi connectivity index (χ1) is 10.2. The molecule has 0 amide bonds. The van der Waals surface area contributed by atoms with Crippen LogP contribution in [0.5, 0.6) is 0 Å². The fraction of sp³-hybridized carbons (Fsp3) is 0.444. The first-order valence-electron chi connectivity index (χ1n) is 7.77. The van der Waals surface area contributed by atoms with Crippen LogP contribution < -0.4 is 5.73 Å². The quantitative estimate of drug-likeness (QED) is 0.924. The summed E-state index contributed by atoms with van der Waals surface area (Å²) in [6, 6.07) is 13.4. The highest BCUT2D eigenvalue weighted by Gasteiger charge is 2.27. The molecule has 0 saturated heterocycles. The van der Waals surface area contributed by atoms with Crippen LogP contribution in [0.25, 0.3) is 0 Å². The van der Waals surface area contributed by atoms with Gasteiger partial charge in [0, 0.05) is 30.1 Å². The Bertz CT molecular complexity index is 578. The minimum Gasteiger partial charge on any atom is -0.324 e. The average molecular weight is 300 g/mol. The molecular weight excluding hydrogens is 276 g/mol. The predicted octanol–water partition coefficient (Wildman–Crippen LogP) is 4.00. The maximum Gasteiger partial charge on any atom is 0.0333 e. The predicted molar refractivity (Wildman–Crippen MR) is 90.5 cm³/mol. The van der Waals surface area contributed by atoms with Crippen LogP contribution in [-0.4, -0.2) is 18.0 Å². The lowest BCUT2D eigenvalue weighted by Gasteiger charge is -2.36. The van der Waals surface area contributed by atoms with E-state index < -0.39 is 0 Å². The second-order valence-electron chi connectivity index (χ2n) is 6.13. The number of thiophene rings is 1. The van der Waals surface area contributed by atoms with Crippen LogP contribution in [-0.2, 0) is 6.42 Å². The zero-order chi connectivity index (χ0) is 14.8. The van der Waals surface area contributed by atoms with Gasteiger partial charge in [0.15, 0.2) is 0 Å². The molecule has 3 unspecified atom stereocenters. The van der Waals surface area contributed by atoms with E-state index in [0.29, 0.717) is 12.0 Å².